The van der Waals surface area contributed by atoms with Crippen LogP contribution >= 0.6 is 23.2 Å². The predicted molar refractivity (Wildman–Crippen MR) is 94.6 cm³/mol. The van der Waals surface area contributed by atoms with Crippen LogP contribution in [-0.2, 0) is 32.6 Å². The SMILES string of the molecule is C[S+]([O-])c1c(C2(C)OCCO2)nn(-c2c(Cl)cc(C(F)(F)F)cc2Cl)c1N. The molecule has 1 aromatic carbocycles. The first-order chi connectivity index (χ1) is 12.5. The van der Waals surface area contributed by atoms with E-state index >= 15 is 0 Å². The summed E-state index contributed by atoms with van der Waals surface area (Å²) in [4.78, 5) is 0.131. The van der Waals surface area contributed by atoms with Crippen LogP contribution in [0.3, 0.4) is 0 Å². The molecule has 0 bridgehead atoms. The number of aromatic nitrogens is 2. The van der Waals surface area contributed by atoms with Crippen molar-refractivity contribution in [2.45, 2.75) is 23.8 Å². The molecule has 2 aromatic rings. The van der Waals surface area contributed by atoms with Gasteiger partial charge in [0.15, 0.2) is 11.5 Å². The number of halogens is 5. The third kappa shape index (κ3) is 3.62. The molecule has 1 aromatic heterocycles. The van der Waals surface area contributed by atoms with Crippen molar-refractivity contribution in [3.63, 3.8) is 0 Å². The molecule has 1 aliphatic heterocycles. The average molecular weight is 444 g/mol. The van der Waals surface area contributed by atoms with Gasteiger partial charge in [0.05, 0.1) is 28.8 Å². The highest BCUT2D eigenvalue weighted by molar-refractivity contribution is 7.91. The highest BCUT2D eigenvalue weighted by Gasteiger charge is 2.43. The van der Waals surface area contributed by atoms with Gasteiger partial charge in [-0.2, -0.15) is 18.3 Å². The summed E-state index contributed by atoms with van der Waals surface area (Å²) in [5.74, 6) is -1.39. The van der Waals surface area contributed by atoms with Crippen LogP contribution in [0.15, 0.2) is 17.0 Å². The van der Waals surface area contributed by atoms with E-state index in [1.165, 1.54) is 6.26 Å². The standard InChI is InChI=1S/C15H14Cl2F3N3O3S/c1-14(25-3-4-26-14)12-11(27(2)24)13(21)23(22-12)10-8(16)5-7(6-9(10)17)15(18,19)20/h5-6H,3-4,21H2,1-2H3. The minimum atomic E-state index is -4.62. The minimum absolute atomic E-state index is 0.0663. The highest BCUT2D eigenvalue weighted by atomic mass is 35.5. The molecule has 0 amide bonds. The summed E-state index contributed by atoms with van der Waals surface area (Å²) in [5.41, 5.74) is 5.15. The van der Waals surface area contributed by atoms with Crippen molar-refractivity contribution in [2.75, 3.05) is 25.2 Å². The first kappa shape index (κ1) is 20.6. The Morgan fingerprint density at radius 2 is 1.78 bits per heavy atom. The molecule has 27 heavy (non-hydrogen) atoms. The quantitative estimate of drug-likeness (QED) is 0.730. The van der Waals surface area contributed by atoms with Crippen LogP contribution in [0.1, 0.15) is 18.2 Å². The highest BCUT2D eigenvalue weighted by Crippen LogP contribution is 2.42. The van der Waals surface area contributed by atoms with Gasteiger partial charge in [-0.25, -0.2) is 4.68 Å². The van der Waals surface area contributed by atoms with E-state index in [0.717, 1.165) is 16.8 Å². The Balaban J connectivity index is 2.22. The van der Waals surface area contributed by atoms with Crippen LogP contribution in [0, 0.1) is 0 Å². The molecule has 2 N–H and O–H groups in total. The van der Waals surface area contributed by atoms with Crippen LogP contribution < -0.4 is 5.73 Å². The third-order valence-corrected chi connectivity index (χ3v) is 5.54. The number of hydrogen-bond donors (Lipinski definition) is 1. The van der Waals surface area contributed by atoms with Gasteiger partial charge in [0.1, 0.15) is 11.9 Å². The lowest BCUT2D eigenvalue weighted by molar-refractivity contribution is -0.154. The van der Waals surface area contributed by atoms with Crippen molar-refractivity contribution >= 4 is 40.2 Å². The molecule has 1 saturated heterocycles. The summed E-state index contributed by atoms with van der Waals surface area (Å²) in [6, 6.07) is 1.44. The lowest BCUT2D eigenvalue weighted by atomic mass is 10.2. The number of anilines is 1. The lowest BCUT2D eigenvalue weighted by Crippen LogP contribution is -2.25. The van der Waals surface area contributed by atoms with Crippen molar-refractivity contribution < 1.29 is 27.2 Å². The van der Waals surface area contributed by atoms with Crippen LogP contribution in [0.25, 0.3) is 5.69 Å². The molecule has 6 nitrogen and oxygen atoms in total. The van der Waals surface area contributed by atoms with Crippen molar-refractivity contribution in [1.82, 2.24) is 9.78 Å². The van der Waals surface area contributed by atoms with Crippen molar-refractivity contribution in [1.29, 1.82) is 0 Å². The third-order valence-electron chi connectivity index (χ3n) is 3.99. The summed E-state index contributed by atoms with van der Waals surface area (Å²) >= 11 is 10.5. The maximum absolute atomic E-state index is 13.0. The van der Waals surface area contributed by atoms with E-state index in [1.807, 2.05) is 0 Å². The first-order valence-corrected chi connectivity index (χ1v) is 9.84. The largest absolute Gasteiger partial charge is 0.611 e. The van der Waals surface area contributed by atoms with Gasteiger partial charge >= 0.3 is 6.18 Å². The van der Waals surface area contributed by atoms with Crippen LogP contribution in [-0.4, -0.2) is 33.8 Å². The minimum Gasteiger partial charge on any atom is -0.611 e. The Morgan fingerprint density at radius 1 is 1.26 bits per heavy atom. The molecule has 0 saturated carbocycles. The van der Waals surface area contributed by atoms with Crippen LogP contribution in [0.2, 0.25) is 10.0 Å². The fraction of sp³-hybridized carbons (Fsp3) is 0.400. The molecule has 0 aliphatic carbocycles. The number of nitrogens with zero attached hydrogens (tertiary/aromatic N) is 2. The zero-order valence-corrected chi connectivity index (χ0v) is 16.4. The molecule has 1 aliphatic rings. The first-order valence-electron chi connectivity index (χ1n) is 7.52. The zero-order valence-electron chi connectivity index (χ0n) is 14.1. The number of nitrogens with two attached hydrogens (primary N) is 1. The smallest absolute Gasteiger partial charge is 0.416 e. The van der Waals surface area contributed by atoms with E-state index in [4.69, 9.17) is 38.4 Å². The summed E-state index contributed by atoms with van der Waals surface area (Å²) in [5, 5.41) is 3.63. The topological polar surface area (TPSA) is 85.4 Å². The summed E-state index contributed by atoms with van der Waals surface area (Å²) in [6.45, 7) is 2.17. The maximum Gasteiger partial charge on any atom is 0.416 e. The fourth-order valence-electron chi connectivity index (χ4n) is 2.75. The molecule has 1 unspecified atom stereocenters. The molecular weight excluding hydrogens is 430 g/mol. The van der Waals surface area contributed by atoms with Gasteiger partial charge in [0.25, 0.3) is 0 Å². The number of alkyl halides is 3. The molecular formula is C15H14Cl2F3N3O3S. The number of nitrogen functional groups attached to an aromatic ring is 1. The molecule has 148 valence electrons. The molecule has 12 heteroatoms. The number of hydrogen-bond acceptors (Lipinski definition) is 5. The Morgan fingerprint density at radius 3 is 2.22 bits per heavy atom. The zero-order chi connectivity index (χ0) is 20.1. The Kier molecular flexibility index (Phi) is 5.34. The number of benzene rings is 1. The summed E-state index contributed by atoms with van der Waals surface area (Å²) in [6.07, 6.45) is -3.24. The van der Waals surface area contributed by atoms with E-state index in [1.54, 1.807) is 6.92 Å². The monoisotopic (exact) mass is 443 g/mol. The summed E-state index contributed by atoms with van der Waals surface area (Å²) in [7, 11) is 0. The molecule has 0 spiro atoms. The van der Waals surface area contributed by atoms with Crippen molar-refractivity contribution in [2.24, 2.45) is 0 Å². The van der Waals surface area contributed by atoms with Gasteiger partial charge in [0.2, 0.25) is 10.7 Å². The van der Waals surface area contributed by atoms with Crippen LogP contribution in [0.4, 0.5) is 19.0 Å². The average Bonchev–Trinajstić information content (AvgIpc) is 3.11. The van der Waals surface area contributed by atoms with E-state index in [9.17, 15) is 17.7 Å². The van der Waals surface area contributed by atoms with E-state index in [-0.39, 0.29) is 32.1 Å². The second-order valence-electron chi connectivity index (χ2n) is 5.86. The van der Waals surface area contributed by atoms with Crippen molar-refractivity contribution in [3.05, 3.63) is 33.4 Å². The molecule has 1 fully saturated rings. The number of rotatable bonds is 3. The summed E-state index contributed by atoms with van der Waals surface area (Å²) < 4.78 is 63.2. The van der Waals surface area contributed by atoms with E-state index < -0.39 is 28.7 Å². The van der Waals surface area contributed by atoms with Gasteiger partial charge in [-0.05, 0) is 30.2 Å². The fourth-order valence-corrected chi connectivity index (χ4v) is 4.28. The Bertz CT molecular complexity index is 860. The maximum atomic E-state index is 13.0. The van der Waals surface area contributed by atoms with E-state index in [0.29, 0.717) is 13.2 Å². The molecule has 2 heterocycles. The molecule has 3 rings (SSSR count). The normalized spacial score (nSPS) is 18.1. The number of ether oxygens (including phenoxy) is 2. The molecule has 0 radical (unpaired) electrons. The van der Waals surface area contributed by atoms with Crippen LogP contribution in [0.5, 0.6) is 0 Å². The second kappa shape index (κ2) is 7.02. The van der Waals surface area contributed by atoms with E-state index in [2.05, 4.69) is 5.10 Å². The van der Waals surface area contributed by atoms with Gasteiger partial charge in [-0.1, -0.05) is 23.2 Å². The second-order valence-corrected chi connectivity index (χ2v) is 7.99. The predicted octanol–water partition coefficient (Wildman–Crippen LogP) is 3.74. The Labute approximate surface area is 165 Å². The lowest BCUT2D eigenvalue weighted by Gasteiger charge is -2.20. The van der Waals surface area contributed by atoms with Gasteiger partial charge < -0.3 is 19.8 Å². The van der Waals surface area contributed by atoms with Gasteiger partial charge in [0, 0.05) is 0 Å². The Hall–Kier alpha value is -1.17. The molecule has 1 atom stereocenters. The van der Waals surface area contributed by atoms with Gasteiger partial charge in [-0.15, -0.1) is 0 Å². The van der Waals surface area contributed by atoms with Gasteiger partial charge in [-0.3, -0.25) is 0 Å². The van der Waals surface area contributed by atoms with Crippen molar-refractivity contribution in [3.8, 4) is 5.69 Å².